The average molecular weight is 340 g/mol. The van der Waals surface area contributed by atoms with Crippen molar-refractivity contribution in [2.75, 3.05) is 5.32 Å². The molecule has 0 spiro atoms. The highest BCUT2D eigenvalue weighted by Crippen LogP contribution is 2.22. The van der Waals surface area contributed by atoms with Crippen LogP contribution < -0.4 is 5.32 Å². The summed E-state index contributed by atoms with van der Waals surface area (Å²) < 4.78 is 1.71. The first-order valence-electron chi connectivity index (χ1n) is 7.21. The second-order valence-electron chi connectivity index (χ2n) is 5.59. The fourth-order valence-electron chi connectivity index (χ4n) is 2.00. The smallest absolute Gasteiger partial charge is 0.225 e. The Morgan fingerprint density at radius 2 is 2.09 bits per heavy atom. The first-order chi connectivity index (χ1) is 10.5. The lowest BCUT2D eigenvalue weighted by Crippen LogP contribution is -2.16. The van der Waals surface area contributed by atoms with Crippen LogP contribution in [-0.4, -0.2) is 15.7 Å². The lowest BCUT2D eigenvalue weighted by Gasteiger charge is -2.11. The van der Waals surface area contributed by atoms with Crippen molar-refractivity contribution in [3.05, 3.63) is 46.1 Å². The molecule has 1 aromatic heterocycles. The van der Waals surface area contributed by atoms with E-state index < -0.39 is 0 Å². The molecule has 2 aromatic rings. The number of rotatable bonds is 6. The third-order valence-corrected chi connectivity index (χ3v) is 3.85. The third kappa shape index (κ3) is 4.75. The Balaban J connectivity index is 2.04. The number of amides is 1. The van der Waals surface area contributed by atoms with Gasteiger partial charge in [-0.2, -0.15) is 5.10 Å². The molecule has 0 bridgehead atoms. The Labute approximate surface area is 140 Å². The van der Waals surface area contributed by atoms with Gasteiger partial charge < -0.3 is 5.32 Å². The summed E-state index contributed by atoms with van der Waals surface area (Å²) in [4.78, 5) is 11.9. The number of carbonyl (C=O) groups excluding carboxylic acids is 1. The van der Waals surface area contributed by atoms with Crippen LogP contribution in [0.25, 0.3) is 0 Å². The molecule has 2 rings (SSSR count). The molecule has 0 saturated heterocycles. The lowest BCUT2D eigenvalue weighted by molar-refractivity contribution is -0.116. The van der Waals surface area contributed by atoms with Gasteiger partial charge in [0.25, 0.3) is 0 Å². The molecular weight excluding hydrogens is 321 g/mol. The standard InChI is InChI=1S/C16H19Cl2N3O/c1-11(2)3-6-16(22)20-15-7-8-19-21(15)10-12-4-5-13(17)9-14(12)18/h4-5,7-9,11H,3,6,10H2,1-2H3,(H,20,22). The Kier molecular flexibility index (Phi) is 5.86. The van der Waals surface area contributed by atoms with Gasteiger partial charge in [0.2, 0.25) is 5.91 Å². The molecule has 0 aliphatic carbocycles. The van der Waals surface area contributed by atoms with Gasteiger partial charge in [0.15, 0.2) is 0 Å². The van der Waals surface area contributed by atoms with Gasteiger partial charge in [-0.05, 0) is 30.0 Å². The van der Waals surface area contributed by atoms with Crippen LogP contribution in [0.5, 0.6) is 0 Å². The highest BCUT2D eigenvalue weighted by Gasteiger charge is 2.10. The van der Waals surface area contributed by atoms with E-state index >= 15 is 0 Å². The van der Waals surface area contributed by atoms with Crippen molar-refractivity contribution < 1.29 is 4.79 Å². The van der Waals surface area contributed by atoms with E-state index in [4.69, 9.17) is 23.2 Å². The highest BCUT2D eigenvalue weighted by atomic mass is 35.5. The van der Waals surface area contributed by atoms with Crippen molar-refractivity contribution in [1.82, 2.24) is 9.78 Å². The summed E-state index contributed by atoms with van der Waals surface area (Å²) in [7, 11) is 0. The second-order valence-corrected chi connectivity index (χ2v) is 6.43. The van der Waals surface area contributed by atoms with Crippen LogP contribution >= 0.6 is 23.2 Å². The quantitative estimate of drug-likeness (QED) is 0.834. The van der Waals surface area contributed by atoms with Crippen LogP contribution in [0.3, 0.4) is 0 Å². The SMILES string of the molecule is CC(C)CCC(=O)Nc1ccnn1Cc1ccc(Cl)cc1Cl. The minimum atomic E-state index is -0.00217. The van der Waals surface area contributed by atoms with Crippen molar-refractivity contribution in [3.8, 4) is 0 Å². The van der Waals surface area contributed by atoms with E-state index in [9.17, 15) is 4.79 Å². The molecule has 1 amide bonds. The van der Waals surface area contributed by atoms with Crippen molar-refractivity contribution in [2.24, 2.45) is 5.92 Å². The average Bonchev–Trinajstić information content (AvgIpc) is 2.87. The molecule has 0 aliphatic rings. The van der Waals surface area contributed by atoms with Crippen molar-refractivity contribution in [1.29, 1.82) is 0 Å². The van der Waals surface area contributed by atoms with E-state index in [1.165, 1.54) is 0 Å². The molecule has 6 heteroatoms. The van der Waals surface area contributed by atoms with Crippen LogP contribution in [-0.2, 0) is 11.3 Å². The molecule has 0 saturated carbocycles. The maximum absolute atomic E-state index is 11.9. The van der Waals surface area contributed by atoms with Crippen molar-refractivity contribution in [3.63, 3.8) is 0 Å². The van der Waals surface area contributed by atoms with Gasteiger partial charge >= 0.3 is 0 Å². The van der Waals surface area contributed by atoms with Gasteiger partial charge in [-0.1, -0.05) is 43.1 Å². The number of anilines is 1. The van der Waals surface area contributed by atoms with Gasteiger partial charge in [-0.3, -0.25) is 4.79 Å². The van der Waals surface area contributed by atoms with E-state index in [1.807, 2.05) is 6.07 Å². The van der Waals surface area contributed by atoms with Gasteiger partial charge in [0.1, 0.15) is 5.82 Å². The van der Waals surface area contributed by atoms with Crippen LogP contribution in [0, 0.1) is 5.92 Å². The molecule has 0 atom stereocenters. The number of nitrogens with one attached hydrogen (secondary N) is 1. The number of nitrogens with zero attached hydrogens (tertiary/aromatic N) is 2. The largest absolute Gasteiger partial charge is 0.311 e. The molecule has 0 fully saturated rings. The summed E-state index contributed by atoms with van der Waals surface area (Å²) in [5.74, 6) is 1.17. The third-order valence-electron chi connectivity index (χ3n) is 3.27. The fraction of sp³-hybridized carbons (Fsp3) is 0.375. The first-order valence-corrected chi connectivity index (χ1v) is 7.97. The number of halogens is 2. The molecular formula is C16H19Cl2N3O. The Morgan fingerprint density at radius 1 is 1.32 bits per heavy atom. The molecule has 118 valence electrons. The zero-order valence-electron chi connectivity index (χ0n) is 12.6. The van der Waals surface area contributed by atoms with Gasteiger partial charge in [-0.25, -0.2) is 4.68 Å². The molecule has 0 unspecified atom stereocenters. The Morgan fingerprint density at radius 3 is 2.77 bits per heavy atom. The number of hydrogen-bond acceptors (Lipinski definition) is 2. The fourth-order valence-corrected chi connectivity index (χ4v) is 2.47. The molecule has 0 aliphatic heterocycles. The topological polar surface area (TPSA) is 46.9 Å². The maximum atomic E-state index is 11.9. The minimum absolute atomic E-state index is 0.00217. The summed E-state index contributed by atoms with van der Waals surface area (Å²) >= 11 is 12.1. The minimum Gasteiger partial charge on any atom is -0.311 e. The highest BCUT2D eigenvalue weighted by molar-refractivity contribution is 6.35. The van der Waals surface area contributed by atoms with Crippen molar-refractivity contribution in [2.45, 2.75) is 33.2 Å². The van der Waals surface area contributed by atoms with Crippen molar-refractivity contribution >= 4 is 34.9 Å². The van der Waals surface area contributed by atoms with Gasteiger partial charge in [-0.15, -0.1) is 0 Å². The molecule has 1 aromatic carbocycles. The van der Waals surface area contributed by atoms with Crippen LogP contribution in [0.15, 0.2) is 30.5 Å². The zero-order valence-corrected chi connectivity index (χ0v) is 14.2. The van der Waals surface area contributed by atoms with E-state index in [2.05, 4.69) is 24.3 Å². The molecule has 22 heavy (non-hydrogen) atoms. The molecule has 1 heterocycles. The first kappa shape index (κ1) is 16.8. The van der Waals surface area contributed by atoms with Gasteiger partial charge in [0, 0.05) is 22.5 Å². The van der Waals surface area contributed by atoms with Crippen LogP contribution in [0.1, 0.15) is 32.3 Å². The molecule has 1 N–H and O–H groups in total. The summed E-state index contributed by atoms with van der Waals surface area (Å²) in [6, 6.07) is 7.11. The normalized spacial score (nSPS) is 11.0. The van der Waals surface area contributed by atoms with E-state index in [-0.39, 0.29) is 5.91 Å². The predicted molar refractivity (Wildman–Crippen MR) is 90.5 cm³/mol. The maximum Gasteiger partial charge on any atom is 0.225 e. The van der Waals surface area contributed by atoms with Crippen LogP contribution in [0.4, 0.5) is 5.82 Å². The summed E-state index contributed by atoms with van der Waals surface area (Å²) in [6.45, 7) is 4.67. The number of aromatic nitrogens is 2. The summed E-state index contributed by atoms with van der Waals surface area (Å²) in [5, 5.41) is 8.30. The molecule has 0 radical (unpaired) electrons. The van der Waals surface area contributed by atoms with Gasteiger partial charge in [0.05, 0.1) is 12.7 Å². The van der Waals surface area contributed by atoms with E-state index in [0.717, 1.165) is 12.0 Å². The van der Waals surface area contributed by atoms with E-state index in [1.54, 1.807) is 29.1 Å². The Hall–Kier alpha value is -1.52. The predicted octanol–water partition coefficient (Wildman–Crippen LogP) is 4.61. The lowest BCUT2D eigenvalue weighted by atomic mass is 10.1. The Bertz CT molecular complexity index is 653. The summed E-state index contributed by atoms with van der Waals surface area (Å²) in [5.41, 5.74) is 0.896. The number of hydrogen-bond donors (Lipinski definition) is 1. The molecule has 4 nitrogen and oxygen atoms in total. The number of benzene rings is 1. The van der Waals surface area contributed by atoms with E-state index in [0.29, 0.717) is 34.7 Å². The number of carbonyl (C=O) groups is 1. The summed E-state index contributed by atoms with van der Waals surface area (Å²) in [6.07, 6.45) is 3.02. The monoisotopic (exact) mass is 339 g/mol. The second kappa shape index (κ2) is 7.65. The van der Waals surface area contributed by atoms with Crippen LogP contribution in [0.2, 0.25) is 10.0 Å². The zero-order chi connectivity index (χ0) is 16.1.